The molecule has 1 nitrogen and oxygen atoms in total. The number of hydrogen-bond acceptors (Lipinski definition) is 1. The van der Waals surface area contributed by atoms with Crippen LogP contribution < -0.4 is 0 Å². The van der Waals surface area contributed by atoms with Crippen LogP contribution in [0, 0.1) is 0 Å². The maximum atomic E-state index is 4.98. The zero-order valence-electron chi connectivity index (χ0n) is 8.35. The molecule has 4 heteroatoms. The van der Waals surface area contributed by atoms with Gasteiger partial charge >= 0.3 is 0 Å². The minimum atomic E-state index is 0. The SMILES string of the molecule is CCCCCCN(CC)C(=S)S.[Cu]. The first-order valence-corrected chi connectivity index (χ1v) is 5.55. The van der Waals surface area contributed by atoms with E-state index in [0.717, 1.165) is 17.4 Å². The van der Waals surface area contributed by atoms with Crippen LogP contribution in [0.2, 0.25) is 0 Å². The summed E-state index contributed by atoms with van der Waals surface area (Å²) in [5, 5.41) is 0. The van der Waals surface area contributed by atoms with Gasteiger partial charge in [0.05, 0.1) is 0 Å². The van der Waals surface area contributed by atoms with Crippen LogP contribution in [0.5, 0.6) is 0 Å². The smallest absolute Gasteiger partial charge is 0.133 e. The monoisotopic (exact) mass is 268 g/mol. The molecule has 0 aromatic rings. The quantitative estimate of drug-likeness (QED) is 0.341. The summed E-state index contributed by atoms with van der Waals surface area (Å²) in [4.78, 5) is 2.13. The molecule has 0 saturated heterocycles. The predicted octanol–water partition coefficient (Wildman–Crippen LogP) is 3.10. The number of thiocarbonyl (C=S) groups is 1. The van der Waals surface area contributed by atoms with Crippen molar-refractivity contribution in [3.63, 3.8) is 0 Å². The third kappa shape index (κ3) is 9.07. The van der Waals surface area contributed by atoms with E-state index >= 15 is 0 Å². The zero-order valence-corrected chi connectivity index (χ0v) is 11.0. The molecule has 1 radical (unpaired) electrons. The van der Waals surface area contributed by atoms with Gasteiger partial charge in [0.1, 0.15) is 4.32 Å². The van der Waals surface area contributed by atoms with Crippen molar-refractivity contribution in [3.05, 3.63) is 0 Å². The summed E-state index contributed by atoms with van der Waals surface area (Å²) in [6.45, 7) is 6.39. The number of rotatable bonds is 6. The summed E-state index contributed by atoms with van der Waals surface area (Å²) in [7, 11) is 0. The fourth-order valence-corrected chi connectivity index (χ4v) is 1.58. The van der Waals surface area contributed by atoms with E-state index in [4.69, 9.17) is 12.2 Å². The molecule has 0 rings (SSSR count). The number of thiol groups is 1. The molecule has 13 heavy (non-hydrogen) atoms. The Hall–Kier alpha value is 0.759. The Morgan fingerprint density at radius 3 is 2.23 bits per heavy atom. The Morgan fingerprint density at radius 1 is 1.23 bits per heavy atom. The van der Waals surface area contributed by atoms with Gasteiger partial charge in [0.2, 0.25) is 0 Å². The molecule has 0 bridgehead atoms. The van der Waals surface area contributed by atoms with Crippen LogP contribution in [0.25, 0.3) is 0 Å². The summed E-state index contributed by atoms with van der Waals surface area (Å²) >= 11 is 9.14. The predicted molar refractivity (Wildman–Crippen MR) is 63.0 cm³/mol. The largest absolute Gasteiger partial charge is 0.358 e. The Morgan fingerprint density at radius 2 is 1.85 bits per heavy atom. The van der Waals surface area contributed by atoms with Crippen molar-refractivity contribution < 1.29 is 17.1 Å². The van der Waals surface area contributed by atoms with Crippen molar-refractivity contribution in [1.29, 1.82) is 0 Å². The molecule has 0 N–H and O–H groups in total. The zero-order chi connectivity index (χ0) is 9.40. The molecule has 0 saturated carbocycles. The topological polar surface area (TPSA) is 3.24 Å². The van der Waals surface area contributed by atoms with Crippen molar-refractivity contribution in [2.45, 2.75) is 39.5 Å². The van der Waals surface area contributed by atoms with E-state index in [1.165, 1.54) is 25.7 Å². The molecule has 0 heterocycles. The Labute approximate surface area is 104 Å². The van der Waals surface area contributed by atoms with Gasteiger partial charge in [-0.05, 0) is 13.3 Å². The molecule has 0 unspecified atom stereocenters. The third-order valence-electron chi connectivity index (χ3n) is 1.93. The standard InChI is InChI=1S/C9H19NS2.Cu/c1-3-5-6-7-8-10(4-2)9(11)12;/h3-8H2,1-2H3,(H,11,12);. The second-order valence-corrected chi connectivity index (χ2v) is 4.04. The van der Waals surface area contributed by atoms with Gasteiger partial charge in [-0.3, -0.25) is 0 Å². The molecule has 0 fully saturated rings. The Balaban J connectivity index is 0. The van der Waals surface area contributed by atoms with Crippen LogP contribution in [-0.4, -0.2) is 22.3 Å². The number of unbranched alkanes of at least 4 members (excludes halogenated alkanes) is 3. The van der Waals surface area contributed by atoms with Crippen LogP contribution in [0.3, 0.4) is 0 Å². The van der Waals surface area contributed by atoms with E-state index in [1.807, 2.05) is 0 Å². The minimum absolute atomic E-state index is 0. The van der Waals surface area contributed by atoms with Crippen LogP contribution in [0.15, 0.2) is 0 Å². The first-order chi connectivity index (χ1) is 5.72. The Kier molecular flexibility index (Phi) is 13.5. The summed E-state index contributed by atoms with van der Waals surface area (Å²) in [5.41, 5.74) is 0. The molecule has 0 aliphatic heterocycles. The molecule has 0 aromatic heterocycles. The molecule has 0 aliphatic carbocycles. The molecular weight excluding hydrogens is 250 g/mol. The van der Waals surface area contributed by atoms with E-state index < -0.39 is 0 Å². The van der Waals surface area contributed by atoms with Gasteiger partial charge in [-0.1, -0.05) is 38.4 Å². The fraction of sp³-hybridized carbons (Fsp3) is 0.889. The maximum Gasteiger partial charge on any atom is 0.133 e. The van der Waals surface area contributed by atoms with Crippen LogP contribution in [-0.2, 0) is 17.1 Å². The normalized spacial score (nSPS) is 9.15. The van der Waals surface area contributed by atoms with E-state index in [-0.39, 0.29) is 17.1 Å². The van der Waals surface area contributed by atoms with Crippen LogP contribution >= 0.6 is 24.8 Å². The maximum absolute atomic E-state index is 4.98. The van der Waals surface area contributed by atoms with Crippen molar-refractivity contribution in [2.24, 2.45) is 0 Å². The first kappa shape index (κ1) is 16.2. The Bertz CT molecular complexity index is 131. The summed E-state index contributed by atoms with van der Waals surface area (Å²) in [6, 6.07) is 0. The van der Waals surface area contributed by atoms with E-state index in [0.29, 0.717) is 0 Å². The van der Waals surface area contributed by atoms with Gasteiger partial charge in [-0.2, -0.15) is 0 Å². The number of hydrogen-bond donors (Lipinski definition) is 1. The van der Waals surface area contributed by atoms with Gasteiger partial charge in [0.25, 0.3) is 0 Å². The summed E-state index contributed by atoms with van der Waals surface area (Å²) in [5.74, 6) is 0. The first-order valence-electron chi connectivity index (χ1n) is 4.70. The molecule has 0 aliphatic rings. The van der Waals surface area contributed by atoms with E-state index in [2.05, 4.69) is 31.4 Å². The fourth-order valence-electron chi connectivity index (χ4n) is 1.12. The molecule has 0 atom stereocenters. The third-order valence-corrected chi connectivity index (χ3v) is 2.47. The van der Waals surface area contributed by atoms with E-state index in [1.54, 1.807) is 0 Å². The second-order valence-electron chi connectivity index (χ2n) is 2.92. The molecule has 0 amide bonds. The molecule has 83 valence electrons. The average molecular weight is 269 g/mol. The molecule has 0 spiro atoms. The summed E-state index contributed by atoms with van der Waals surface area (Å²) in [6.07, 6.45) is 5.17. The van der Waals surface area contributed by atoms with Gasteiger partial charge in [0, 0.05) is 30.2 Å². The van der Waals surface area contributed by atoms with Crippen LogP contribution in [0.4, 0.5) is 0 Å². The van der Waals surface area contributed by atoms with Gasteiger partial charge < -0.3 is 4.90 Å². The van der Waals surface area contributed by atoms with Gasteiger partial charge in [-0.15, -0.1) is 12.6 Å². The van der Waals surface area contributed by atoms with Crippen molar-refractivity contribution in [3.8, 4) is 0 Å². The van der Waals surface area contributed by atoms with Crippen molar-refractivity contribution in [1.82, 2.24) is 4.90 Å². The average Bonchev–Trinajstić information content (AvgIpc) is 2.04. The molecule has 0 aromatic carbocycles. The molecular formula is C9H19CuNS2. The van der Waals surface area contributed by atoms with Crippen LogP contribution in [0.1, 0.15) is 39.5 Å². The van der Waals surface area contributed by atoms with Gasteiger partial charge in [0.15, 0.2) is 0 Å². The second kappa shape index (κ2) is 10.8. The van der Waals surface area contributed by atoms with Gasteiger partial charge in [-0.25, -0.2) is 0 Å². The summed E-state index contributed by atoms with van der Waals surface area (Å²) < 4.78 is 0.731. The van der Waals surface area contributed by atoms with Crippen molar-refractivity contribution >= 4 is 29.2 Å². The number of nitrogens with zero attached hydrogens (tertiary/aromatic N) is 1. The van der Waals surface area contributed by atoms with E-state index in [9.17, 15) is 0 Å². The minimum Gasteiger partial charge on any atom is -0.358 e. The van der Waals surface area contributed by atoms with Crippen molar-refractivity contribution in [2.75, 3.05) is 13.1 Å².